The van der Waals surface area contributed by atoms with Crippen molar-refractivity contribution in [3.8, 4) is 0 Å². The van der Waals surface area contributed by atoms with E-state index in [9.17, 15) is 8.78 Å². The number of nitrogens with zero attached hydrogens (tertiary/aromatic N) is 1. The molecule has 0 aliphatic heterocycles. The molecule has 0 saturated heterocycles. The van der Waals surface area contributed by atoms with Crippen molar-refractivity contribution in [3.63, 3.8) is 0 Å². The Labute approximate surface area is 76.9 Å². The predicted molar refractivity (Wildman–Crippen MR) is 46.0 cm³/mol. The molecule has 0 saturated carbocycles. The van der Waals surface area contributed by atoms with E-state index in [4.69, 9.17) is 5.73 Å². The summed E-state index contributed by atoms with van der Waals surface area (Å²) in [5, 5.41) is 0. The molecule has 0 bridgehead atoms. The summed E-state index contributed by atoms with van der Waals surface area (Å²) in [6.07, 6.45) is -2.55. The van der Waals surface area contributed by atoms with E-state index in [0.717, 1.165) is 0 Å². The molecule has 0 radical (unpaired) electrons. The molecule has 1 aromatic rings. The average molecular weight is 237 g/mol. The number of nitrogens with two attached hydrogens (primary N) is 1. The van der Waals surface area contributed by atoms with Crippen LogP contribution in [0.3, 0.4) is 0 Å². The molecule has 0 fully saturated rings. The second kappa shape index (κ2) is 3.35. The minimum Gasteiger partial charge on any atom is -0.396 e. The number of hydrogen-bond acceptors (Lipinski definition) is 2. The highest BCUT2D eigenvalue weighted by molar-refractivity contribution is 9.10. The number of anilines is 1. The zero-order valence-electron chi connectivity index (χ0n) is 6.31. The van der Waals surface area contributed by atoms with E-state index in [2.05, 4.69) is 20.9 Å². The van der Waals surface area contributed by atoms with E-state index in [-0.39, 0.29) is 10.3 Å². The Morgan fingerprint density at radius 1 is 1.58 bits per heavy atom. The fourth-order valence-electron chi connectivity index (χ4n) is 0.780. The Morgan fingerprint density at radius 3 is 2.58 bits per heavy atom. The Hall–Kier alpha value is -0.710. The molecule has 0 aliphatic rings. The number of pyridine rings is 1. The first-order chi connectivity index (χ1) is 5.52. The van der Waals surface area contributed by atoms with Crippen LogP contribution < -0.4 is 5.73 Å². The van der Waals surface area contributed by atoms with Crippen molar-refractivity contribution in [2.45, 2.75) is 13.3 Å². The zero-order chi connectivity index (χ0) is 9.30. The fourth-order valence-corrected chi connectivity index (χ4v) is 1.30. The molecule has 2 N–H and O–H groups in total. The highest BCUT2D eigenvalue weighted by Crippen LogP contribution is 2.26. The van der Waals surface area contributed by atoms with Gasteiger partial charge in [-0.15, -0.1) is 0 Å². The second-order valence-corrected chi connectivity index (χ2v) is 3.12. The van der Waals surface area contributed by atoms with Gasteiger partial charge in [-0.3, -0.25) is 0 Å². The van der Waals surface area contributed by atoms with Crippen LogP contribution in [0.25, 0.3) is 0 Å². The Balaban J connectivity index is 3.21. The summed E-state index contributed by atoms with van der Waals surface area (Å²) in [6, 6.07) is 1.28. The molecule has 0 spiro atoms. The number of halogens is 3. The number of nitrogen functional groups attached to an aromatic ring is 1. The van der Waals surface area contributed by atoms with E-state index in [1.807, 2.05) is 0 Å². The highest BCUT2D eigenvalue weighted by Gasteiger charge is 2.12. The van der Waals surface area contributed by atoms with E-state index in [0.29, 0.717) is 11.3 Å². The van der Waals surface area contributed by atoms with Crippen molar-refractivity contribution in [3.05, 3.63) is 21.9 Å². The first-order valence-corrected chi connectivity index (χ1v) is 4.02. The van der Waals surface area contributed by atoms with Crippen molar-refractivity contribution in [2.24, 2.45) is 0 Å². The molecule has 2 nitrogen and oxygen atoms in total. The monoisotopic (exact) mass is 236 g/mol. The Kier molecular flexibility index (Phi) is 2.62. The van der Waals surface area contributed by atoms with Gasteiger partial charge < -0.3 is 5.73 Å². The van der Waals surface area contributed by atoms with Gasteiger partial charge in [0.05, 0.1) is 5.69 Å². The number of alkyl halides is 2. The van der Waals surface area contributed by atoms with Crippen LogP contribution in [0.15, 0.2) is 10.7 Å². The molecule has 0 amide bonds. The third-order valence-corrected chi connectivity index (χ3v) is 2.07. The summed E-state index contributed by atoms with van der Waals surface area (Å²) in [4.78, 5) is 3.57. The Bertz CT molecular complexity index is 278. The molecule has 66 valence electrons. The number of hydrogen-bond donors (Lipinski definition) is 1. The molecule has 0 aliphatic carbocycles. The van der Waals surface area contributed by atoms with E-state index in [1.54, 1.807) is 6.92 Å². The molecule has 1 heterocycles. The van der Waals surface area contributed by atoms with Crippen LogP contribution in [0.4, 0.5) is 14.5 Å². The Morgan fingerprint density at radius 2 is 2.17 bits per heavy atom. The minimum absolute atomic E-state index is 0.256. The topological polar surface area (TPSA) is 38.9 Å². The third-order valence-electron chi connectivity index (χ3n) is 1.46. The van der Waals surface area contributed by atoms with Gasteiger partial charge in [0.25, 0.3) is 6.43 Å². The van der Waals surface area contributed by atoms with Crippen molar-refractivity contribution >= 4 is 21.6 Å². The van der Waals surface area contributed by atoms with Gasteiger partial charge in [-0.05, 0) is 34.5 Å². The first kappa shape index (κ1) is 9.38. The van der Waals surface area contributed by atoms with E-state index in [1.165, 1.54) is 6.07 Å². The van der Waals surface area contributed by atoms with Crippen molar-refractivity contribution in [2.75, 3.05) is 5.73 Å². The van der Waals surface area contributed by atoms with Gasteiger partial charge in [0, 0.05) is 0 Å². The van der Waals surface area contributed by atoms with Crippen molar-refractivity contribution in [1.82, 2.24) is 4.98 Å². The van der Waals surface area contributed by atoms with Crippen LogP contribution in [0.5, 0.6) is 0 Å². The third kappa shape index (κ3) is 1.72. The summed E-state index contributed by atoms with van der Waals surface area (Å²) in [7, 11) is 0. The number of rotatable bonds is 1. The van der Waals surface area contributed by atoms with Crippen LogP contribution in [0, 0.1) is 6.92 Å². The summed E-state index contributed by atoms with van der Waals surface area (Å²) < 4.78 is 24.5. The molecule has 0 aromatic carbocycles. The molecule has 5 heteroatoms. The molecule has 0 unspecified atom stereocenters. The maximum atomic E-state index is 12.1. The van der Waals surface area contributed by atoms with Crippen LogP contribution in [-0.2, 0) is 0 Å². The van der Waals surface area contributed by atoms with Gasteiger partial charge in [-0.2, -0.15) is 0 Å². The minimum atomic E-state index is -2.55. The highest BCUT2D eigenvalue weighted by atomic mass is 79.9. The molecule has 12 heavy (non-hydrogen) atoms. The summed E-state index contributed by atoms with van der Waals surface area (Å²) in [5.74, 6) is 0. The molecular weight excluding hydrogens is 230 g/mol. The van der Waals surface area contributed by atoms with Gasteiger partial charge in [0.15, 0.2) is 0 Å². The summed E-state index contributed by atoms with van der Waals surface area (Å²) >= 11 is 3.00. The largest absolute Gasteiger partial charge is 0.396 e. The lowest BCUT2D eigenvalue weighted by Crippen LogP contribution is -1.98. The van der Waals surface area contributed by atoms with Crippen LogP contribution in [0.2, 0.25) is 0 Å². The lowest BCUT2D eigenvalue weighted by atomic mass is 10.2. The molecule has 1 rings (SSSR count). The van der Waals surface area contributed by atoms with Crippen molar-refractivity contribution in [1.29, 1.82) is 0 Å². The molecule has 0 atom stereocenters. The lowest BCUT2D eigenvalue weighted by molar-refractivity contribution is 0.146. The van der Waals surface area contributed by atoms with Gasteiger partial charge in [0.1, 0.15) is 10.3 Å². The molecule has 1 aromatic heterocycles. The normalized spacial score (nSPS) is 10.8. The van der Waals surface area contributed by atoms with Gasteiger partial charge in [-0.1, -0.05) is 0 Å². The SMILES string of the molecule is Cc1cc(C(F)F)nc(Br)c1N. The molecular formula is C7H7BrF2N2. The predicted octanol–water partition coefficient (Wildman–Crippen LogP) is 2.67. The smallest absolute Gasteiger partial charge is 0.280 e. The summed E-state index contributed by atoms with van der Waals surface area (Å²) in [6.45, 7) is 1.66. The zero-order valence-corrected chi connectivity index (χ0v) is 7.90. The maximum absolute atomic E-state index is 12.1. The quantitative estimate of drug-likeness (QED) is 0.762. The lowest BCUT2D eigenvalue weighted by Gasteiger charge is -2.05. The van der Waals surface area contributed by atoms with Crippen molar-refractivity contribution < 1.29 is 8.78 Å². The second-order valence-electron chi connectivity index (χ2n) is 2.37. The standard InChI is InChI=1S/C7H7BrF2N2/c1-3-2-4(7(9)10)12-6(8)5(3)11/h2,7H,11H2,1H3. The van der Waals surface area contributed by atoms with Crippen LogP contribution in [-0.4, -0.2) is 4.98 Å². The average Bonchev–Trinajstić information content (AvgIpc) is 1.99. The van der Waals surface area contributed by atoms with Crippen LogP contribution >= 0.6 is 15.9 Å². The first-order valence-electron chi connectivity index (χ1n) is 3.23. The van der Waals surface area contributed by atoms with E-state index >= 15 is 0 Å². The number of aromatic nitrogens is 1. The summed E-state index contributed by atoms with van der Waals surface area (Å²) in [5.41, 5.74) is 6.25. The van der Waals surface area contributed by atoms with Crippen LogP contribution in [0.1, 0.15) is 17.7 Å². The number of aryl methyl sites for hydroxylation is 1. The van der Waals surface area contributed by atoms with Gasteiger partial charge >= 0.3 is 0 Å². The van der Waals surface area contributed by atoms with Gasteiger partial charge in [-0.25, -0.2) is 13.8 Å². The van der Waals surface area contributed by atoms with E-state index < -0.39 is 6.43 Å². The maximum Gasteiger partial charge on any atom is 0.280 e. The van der Waals surface area contributed by atoms with Gasteiger partial charge in [0.2, 0.25) is 0 Å². The fraction of sp³-hybridized carbons (Fsp3) is 0.286.